The summed E-state index contributed by atoms with van der Waals surface area (Å²) in [6.07, 6.45) is 1.39. The van der Waals surface area contributed by atoms with Crippen LogP contribution in [-0.4, -0.2) is 17.0 Å². The van der Waals surface area contributed by atoms with E-state index >= 15 is 0 Å². The van der Waals surface area contributed by atoms with Crippen LogP contribution in [0.25, 0.3) is 0 Å². The van der Waals surface area contributed by atoms with Gasteiger partial charge >= 0.3 is 5.97 Å². The van der Waals surface area contributed by atoms with Crippen LogP contribution in [0.1, 0.15) is 31.8 Å². The number of carboxylic acids is 1. The fourth-order valence-electron chi connectivity index (χ4n) is 1.81. The quantitative estimate of drug-likeness (QED) is 0.896. The zero-order valence-corrected chi connectivity index (χ0v) is 12.4. The molecule has 0 bridgehead atoms. The molecule has 0 saturated carbocycles. The fourth-order valence-corrected chi connectivity index (χ4v) is 2.23. The average molecular weight is 338 g/mol. The third kappa shape index (κ3) is 2.75. The Hall–Kier alpha value is -2.08. The minimum absolute atomic E-state index is 0.173. The number of nitrogens with one attached hydrogen (secondary N) is 1. The first-order chi connectivity index (χ1) is 9.40. The van der Waals surface area contributed by atoms with Crippen molar-refractivity contribution in [2.24, 2.45) is 0 Å². The number of carbonyl (C=O) groups excluding carboxylic acids is 1. The Bertz CT molecular complexity index is 690. The van der Waals surface area contributed by atoms with Crippen LogP contribution >= 0.6 is 15.9 Å². The minimum atomic E-state index is -1.02. The van der Waals surface area contributed by atoms with E-state index in [0.29, 0.717) is 21.5 Å². The summed E-state index contributed by atoms with van der Waals surface area (Å²) in [5.74, 6) is -1.39. The van der Waals surface area contributed by atoms with Crippen molar-refractivity contribution < 1.29 is 19.1 Å². The molecule has 20 heavy (non-hydrogen) atoms. The first-order valence-corrected chi connectivity index (χ1v) is 6.58. The predicted molar refractivity (Wildman–Crippen MR) is 77.2 cm³/mol. The molecule has 0 aliphatic heterocycles. The van der Waals surface area contributed by atoms with E-state index in [-0.39, 0.29) is 11.5 Å². The van der Waals surface area contributed by atoms with Gasteiger partial charge < -0.3 is 14.8 Å². The summed E-state index contributed by atoms with van der Waals surface area (Å²) in [5, 5.41) is 11.8. The predicted octanol–water partition coefficient (Wildman–Crippen LogP) is 3.61. The van der Waals surface area contributed by atoms with Crippen molar-refractivity contribution >= 4 is 33.5 Å². The van der Waals surface area contributed by atoms with Crippen LogP contribution in [0.4, 0.5) is 5.69 Å². The van der Waals surface area contributed by atoms with Crippen molar-refractivity contribution in [2.75, 3.05) is 5.32 Å². The van der Waals surface area contributed by atoms with E-state index in [2.05, 4.69) is 21.2 Å². The second-order valence-corrected chi connectivity index (χ2v) is 5.05. The van der Waals surface area contributed by atoms with Gasteiger partial charge in [-0.2, -0.15) is 0 Å². The molecule has 1 heterocycles. The van der Waals surface area contributed by atoms with Crippen molar-refractivity contribution in [2.45, 2.75) is 13.8 Å². The van der Waals surface area contributed by atoms with Crippen molar-refractivity contribution in [1.29, 1.82) is 0 Å². The van der Waals surface area contributed by atoms with Gasteiger partial charge in [-0.05, 0) is 59.1 Å². The second-order valence-electron chi connectivity index (χ2n) is 4.33. The zero-order chi connectivity index (χ0) is 14.9. The number of carbonyl (C=O) groups is 2. The number of hydrogen-bond donors (Lipinski definition) is 2. The summed E-state index contributed by atoms with van der Waals surface area (Å²) < 4.78 is 5.32. The largest absolute Gasteiger partial charge is 0.478 e. The smallest absolute Gasteiger partial charge is 0.336 e. The monoisotopic (exact) mass is 337 g/mol. The SMILES string of the molecule is Cc1cc(NC(=O)c2ccoc2Br)cc(C(=O)O)c1C. The number of aryl methyl sites for hydroxylation is 1. The lowest BCUT2D eigenvalue weighted by atomic mass is 10.0. The van der Waals surface area contributed by atoms with Crippen LogP contribution in [-0.2, 0) is 0 Å². The molecule has 6 heteroatoms. The molecule has 2 aromatic rings. The first-order valence-electron chi connectivity index (χ1n) is 5.79. The van der Waals surface area contributed by atoms with Crippen LogP contribution in [0.15, 0.2) is 33.5 Å². The number of rotatable bonds is 3. The van der Waals surface area contributed by atoms with Crippen LogP contribution in [0, 0.1) is 13.8 Å². The number of anilines is 1. The molecule has 2 rings (SSSR count). The maximum Gasteiger partial charge on any atom is 0.336 e. The molecular weight excluding hydrogens is 326 g/mol. The van der Waals surface area contributed by atoms with Gasteiger partial charge in [0.05, 0.1) is 17.4 Å². The van der Waals surface area contributed by atoms with E-state index in [1.165, 1.54) is 18.4 Å². The van der Waals surface area contributed by atoms with Gasteiger partial charge in [0, 0.05) is 5.69 Å². The third-order valence-electron chi connectivity index (χ3n) is 3.02. The van der Waals surface area contributed by atoms with Crippen molar-refractivity contribution in [3.63, 3.8) is 0 Å². The number of furan rings is 1. The summed E-state index contributed by atoms with van der Waals surface area (Å²) in [6.45, 7) is 3.53. The number of benzene rings is 1. The van der Waals surface area contributed by atoms with Crippen LogP contribution in [0.2, 0.25) is 0 Å². The van der Waals surface area contributed by atoms with E-state index in [0.717, 1.165) is 5.56 Å². The molecule has 0 spiro atoms. The first kappa shape index (κ1) is 14.3. The lowest BCUT2D eigenvalue weighted by Crippen LogP contribution is -2.13. The van der Waals surface area contributed by atoms with E-state index in [1.54, 1.807) is 19.9 Å². The van der Waals surface area contributed by atoms with Gasteiger partial charge in [0.2, 0.25) is 0 Å². The molecule has 0 radical (unpaired) electrons. The Morgan fingerprint density at radius 3 is 2.50 bits per heavy atom. The van der Waals surface area contributed by atoms with Crippen molar-refractivity contribution in [3.8, 4) is 0 Å². The highest BCUT2D eigenvalue weighted by atomic mass is 79.9. The van der Waals surface area contributed by atoms with E-state index < -0.39 is 5.97 Å². The minimum Gasteiger partial charge on any atom is -0.478 e. The molecule has 0 fully saturated rings. The standard InChI is InChI=1S/C14H12BrNO4/c1-7-5-9(6-11(8(7)2)14(18)19)16-13(17)10-3-4-20-12(10)15/h3-6H,1-2H3,(H,16,17)(H,18,19). The van der Waals surface area contributed by atoms with E-state index in [4.69, 9.17) is 9.52 Å². The maximum atomic E-state index is 12.0. The highest BCUT2D eigenvalue weighted by molar-refractivity contribution is 9.10. The molecular formula is C14H12BrNO4. The van der Waals surface area contributed by atoms with Gasteiger partial charge in [-0.1, -0.05) is 0 Å². The number of carboxylic acid groups (broad SMARTS) is 1. The second kappa shape index (κ2) is 5.50. The molecule has 1 aromatic carbocycles. The average Bonchev–Trinajstić information content (AvgIpc) is 2.79. The molecule has 0 aliphatic carbocycles. The maximum absolute atomic E-state index is 12.0. The third-order valence-corrected chi connectivity index (χ3v) is 3.63. The molecule has 2 N–H and O–H groups in total. The summed E-state index contributed by atoms with van der Waals surface area (Å²) in [7, 11) is 0. The fraction of sp³-hybridized carbons (Fsp3) is 0.143. The summed E-state index contributed by atoms with van der Waals surface area (Å²) >= 11 is 3.12. The van der Waals surface area contributed by atoms with E-state index in [9.17, 15) is 9.59 Å². The normalized spacial score (nSPS) is 10.3. The zero-order valence-electron chi connectivity index (χ0n) is 10.9. The highest BCUT2D eigenvalue weighted by Crippen LogP contribution is 2.23. The highest BCUT2D eigenvalue weighted by Gasteiger charge is 2.15. The van der Waals surface area contributed by atoms with Gasteiger partial charge in [0.25, 0.3) is 5.91 Å². The molecule has 0 atom stereocenters. The topological polar surface area (TPSA) is 79.5 Å². The number of hydrogen-bond acceptors (Lipinski definition) is 3. The summed E-state index contributed by atoms with van der Waals surface area (Å²) in [4.78, 5) is 23.2. The Morgan fingerprint density at radius 2 is 1.95 bits per heavy atom. The van der Waals surface area contributed by atoms with Gasteiger partial charge in [-0.15, -0.1) is 0 Å². The van der Waals surface area contributed by atoms with E-state index in [1.807, 2.05) is 0 Å². The van der Waals surface area contributed by atoms with Gasteiger partial charge in [0.15, 0.2) is 4.67 Å². The summed E-state index contributed by atoms with van der Waals surface area (Å²) in [6, 6.07) is 4.70. The Balaban J connectivity index is 2.33. The number of aromatic carboxylic acids is 1. The van der Waals surface area contributed by atoms with Crippen LogP contribution in [0.5, 0.6) is 0 Å². The van der Waals surface area contributed by atoms with Crippen molar-refractivity contribution in [1.82, 2.24) is 0 Å². The Kier molecular flexibility index (Phi) is 3.94. The molecule has 0 aliphatic rings. The molecule has 0 saturated heterocycles. The Morgan fingerprint density at radius 1 is 1.25 bits per heavy atom. The van der Waals surface area contributed by atoms with Gasteiger partial charge in [-0.25, -0.2) is 4.79 Å². The summed E-state index contributed by atoms with van der Waals surface area (Å²) in [5.41, 5.74) is 2.43. The van der Waals surface area contributed by atoms with Gasteiger partial charge in [-0.3, -0.25) is 4.79 Å². The Labute approximate surface area is 123 Å². The number of amides is 1. The van der Waals surface area contributed by atoms with Crippen molar-refractivity contribution in [3.05, 3.63) is 51.4 Å². The van der Waals surface area contributed by atoms with Gasteiger partial charge in [0.1, 0.15) is 0 Å². The molecule has 5 nitrogen and oxygen atoms in total. The molecule has 0 unspecified atom stereocenters. The number of halogens is 1. The lowest BCUT2D eigenvalue weighted by Gasteiger charge is -2.10. The molecule has 1 amide bonds. The lowest BCUT2D eigenvalue weighted by molar-refractivity contribution is 0.0695. The molecule has 1 aromatic heterocycles. The van der Waals surface area contributed by atoms with Crippen LogP contribution in [0.3, 0.4) is 0 Å². The van der Waals surface area contributed by atoms with Crippen LogP contribution < -0.4 is 5.32 Å². The molecule has 104 valence electrons.